The van der Waals surface area contributed by atoms with E-state index in [1.54, 1.807) is 18.5 Å². The smallest absolute Gasteiger partial charge is 0.167 e. The van der Waals surface area contributed by atoms with Crippen LogP contribution in [-0.4, -0.2) is 25.5 Å². The first-order valence-corrected chi connectivity index (χ1v) is 10.0. The van der Waals surface area contributed by atoms with Crippen LogP contribution < -0.4 is 4.74 Å². The van der Waals surface area contributed by atoms with E-state index in [1.165, 1.54) is 0 Å². The minimum absolute atomic E-state index is 0.0265. The minimum Gasteiger partial charge on any atom is -0.487 e. The van der Waals surface area contributed by atoms with E-state index in [2.05, 4.69) is 4.98 Å². The third-order valence-electron chi connectivity index (χ3n) is 5.18. The lowest BCUT2D eigenvalue weighted by molar-refractivity contribution is 0.0905. The molecule has 0 aliphatic carbocycles. The third-order valence-corrected chi connectivity index (χ3v) is 7.35. The van der Waals surface area contributed by atoms with Gasteiger partial charge in [0.15, 0.2) is 5.78 Å². The van der Waals surface area contributed by atoms with Gasteiger partial charge in [-0.05, 0) is 37.3 Å². The fourth-order valence-electron chi connectivity index (χ4n) is 3.86. The van der Waals surface area contributed by atoms with E-state index in [0.717, 1.165) is 31.2 Å². The van der Waals surface area contributed by atoms with Crippen LogP contribution in [-0.2, 0) is 17.4 Å². The number of carbonyl (C=O) groups is 1. The molecule has 2 saturated heterocycles. The summed E-state index contributed by atoms with van der Waals surface area (Å²) >= 11 is 0. The van der Waals surface area contributed by atoms with Crippen LogP contribution in [0.1, 0.15) is 41.6 Å². The van der Waals surface area contributed by atoms with Gasteiger partial charge in [0, 0.05) is 39.0 Å². The largest absolute Gasteiger partial charge is 0.487 e. The van der Waals surface area contributed by atoms with Crippen molar-refractivity contribution in [2.24, 2.45) is 5.92 Å². The molecule has 4 nitrogen and oxygen atoms in total. The third kappa shape index (κ3) is 3.52. The summed E-state index contributed by atoms with van der Waals surface area (Å²) < 4.78 is 17.9. The number of carbonyl (C=O) groups excluding carboxylic acids is 1. The highest BCUT2D eigenvalue weighted by atomic mass is 32.2. The summed E-state index contributed by atoms with van der Waals surface area (Å²) in [6.07, 6.45) is 6.75. The first-order valence-electron chi connectivity index (χ1n) is 8.76. The van der Waals surface area contributed by atoms with Gasteiger partial charge in [-0.25, -0.2) is 0 Å². The fraction of sp³-hybridized carbons (Fsp3) is 0.400. The number of ketones is 1. The molecule has 2 aliphatic rings. The van der Waals surface area contributed by atoms with Gasteiger partial charge >= 0.3 is 0 Å². The van der Waals surface area contributed by atoms with E-state index in [1.807, 2.05) is 30.3 Å². The van der Waals surface area contributed by atoms with Crippen molar-refractivity contribution < 1.29 is 13.7 Å². The summed E-state index contributed by atoms with van der Waals surface area (Å²) in [5, 5.41) is 0.413. The predicted molar refractivity (Wildman–Crippen MR) is 97.0 cm³/mol. The monoisotopic (exact) mass is 355 g/mol. The van der Waals surface area contributed by atoms with Crippen molar-refractivity contribution in [1.82, 2.24) is 4.98 Å². The maximum absolute atomic E-state index is 12.9. The molecule has 25 heavy (non-hydrogen) atoms. The second kappa shape index (κ2) is 7.08. The lowest BCUT2D eigenvalue weighted by atomic mass is 9.91. The van der Waals surface area contributed by atoms with Gasteiger partial charge in [0.25, 0.3) is 0 Å². The van der Waals surface area contributed by atoms with Crippen LogP contribution in [0.3, 0.4) is 0 Å². The van der Waals surface area contributed by atoms with E-state index in [4.69, 9.17) is 4.74 Å². The molecule has 2 atom stereocenters. The highest BCUT2D eigenvalue weighted by Crippen LogP contribution is 2.39. The van der Waals surface area contributed by atoms with Gasteiger partial charge in [-0.1, -0.05) is 30.3 Å². The van der Waals surface area contributed by atoms with Gasteiger partial charge in [-0.15, -0.1) is 0 Å². The summed E-state index contributed by atoms with van der Waals surface area (Å²) in [5.74, 6) is 0.699. The van der Waals surface area contributed by atoms with E-state index in [-0.39, 0.29) is 22.2 Å². The molecular weight excluding hydrogens is 334 g/mol. The van der Waals surface area contributed by atoms with E-state index in [9.17, 15) is 9.00 Å². The second-order valence-electron chi connectivity index (χ2n) is 6.87. The molecule has 5 heteroatoms. The summed E-state index contributed by atoms with van der Waals surface area (Å²) in [6.45, 7) is 0.451. The van der Waals surface area contributed by atoms with Gasteiger partial charge in [0.1, 0.15) is 12.4 Å². The minimum atomic E-state index is -0.733. The van der Waals surface area contributed by atoms with Crippen LogP contribution in [0.25, 0.3) is 0 Å². The number of hydrogen-bond acceptors (Lipinski definition) is 4. The molecule has 0 N–H and O–H groups in total. The van der Waals surface area contributed by atoms with E-state index >= 15 is 0 Å². The summed E-state index contributed by atoms with van der Waals surface area (Å²) in [4.78, 5) is 17.0. The number of nitrogens with zero attached hydrogens (tertiary/aromatic N) is 1. The van der Waals surface area contributed by atoms with E-state index in [0.29, 0.717) is 17.9 Å². The summed E-state index contributed by atoms with van der Waals surface area (Å²) in [7, 11) is -0.733. The van der Waals surface area contributed by atoms with Crippen LogP contribution in [0.5, 0.6) is 5.75 Å². The standard InChI is InChI=1S/C20H21NO3S/c22-20(15-9-18-6-7-19(10-15)25(18)23)16-8-17(12-21-11-16)24-13-14-4-2-1-3-5-14/h1-5,8,11-12,15,18-19H,6-7,9-10,13H2. The van der Waals surface area contributed by atoms with Crippen molar-refractivity contribution in [3.63, 3.8) is 0 Å². The average Bonchev–Trinajstić information content (AvgIpc) is 2.87. The molecule has 2 fully saturated rings. The van der Waals surface area contributed by atoms with Crippen LogP contribution in [0.15, 0.2) is 48.8 Å². The molecule has 1 aromatic carbocycles. The molecule has 1 aromatic heterocycles. The number of fused-ring (bicyclic) bond motifs is 2. The Hall–Kier alpha value is -2.01. The van der Waals surface area contributed by atoms with Crippen LogP contribution in [0, 0.1) is 5.92 Å². The number of rotatable bonds is 5. The number of aromatic nitrogens is 1. The van der Waals surface area contributed by atoms with Crippen LogP contribution >= 0.6 is 0 Å². The summed E-state index contributed by atoms with van der Waals surface area (Å²) in [5.41, 5.74) is 1.67. The second-order valence-corrected chi connectivity index (χ2v) is 8.86. The molecule has 2 aliphatic heterocycles. The number of ether oxygens (including phenoxy) is 1. The first-order chi connectivity index (χ1) is 12.2. The predicted octanol–water partition coefficient (Wildman–Crippen LogP) is 3.53. The molecular formula is C20H21NO3S. The molecule has 0 spiro atoms. The molecule has 0 saturated carbocycles. The van der Waals surface area contributed by atoms with Gasteiger partial charge < -0.3 is 4.74 Å². The van der Waals surface area contributed by atoms with E-state index < -0.39 is 10.8 Å². The van der Waals surface area contributed by atoms with Gasteiger partial charge in [0.05, 0.1) is 6.20 Å². The molecule has 0 radical (unpaired) electrons. The molecule has 2 bridgehead atoms. The molecule has 4 rings (SSSR count). The quantitative estimate of drug-likeness (QED) is 0.770. The van der Waals surface area contributed by atoms with Crippen molar-refractivity contribution >= 4 is 16.6 Å². The van der Waals surface area contributed by atoms with Crippen molar-refractivity contribution in [2.75, 3.05) is 0 Å². The Morgan fingerprint density at radius 3 is 2.56 bits per heavy atom. The highest BCUT2D eigenvalue weighted by molar-refractivity contribution is 7.86. The molecule has 130 valence electrons. The molecule has 2 unspecified atom stereocenters. The molecule has 2 aromatic rings. The zero-order valence-corrected chi connectivity index (χ0v) is 14.8. The Morgan fingerprint density at radius 2 is 1.84 bits per heavy atom. The van der Waals surface area contributed by atoms with Gasteiger partial charge in [-0.3, -0.25) is 14.0 Å². The average molecular weight is 355 g/mol. The fourth-order valence-corrected chi connectivity index (χ4v) is 5.98. The number of pyridine rings is 1. The topological polar surface area (TPSA) is 56.3 Å². The van der Waals surface area contributed by atoms with Crippen molar-refractivity contribution in [2.45, 2.75) is 42.8 Å². The first kappa shape index (κ1) is 16.5. The Bertz CT molecular complexity index is 777. The summed E-state index contributed by atoms with van der Waals surface area (Å²) in [6, 6.07) is 11.7. The Labute approximate surface area is 150 Å². The Kier molecular flexibility index (Phi) is 4.66. The highest BCUT2D eigenvalue weighted by Gasteiger charge is 2.42. The maximum atomic E-state index is 12.9. The van der Waals surface area contributed by atoms with Crippen molar-refractivity contribution in [3.05, 3.63) is 59.9 Å². The normalized spacial score (nSPS) is 27.8. The maximum Gasteiger partial charge on any atom is 0.167 e. The Morgan fingerprint density at radius 1 is 1.12 bits per heavy atom. The van der Waals surface area contributed by atoms with Gasteiger partial charge in [0.2, 0.25) is 0 Å². The molecule has 3 heterocycles. The Balaban J connectivity index is 1.44. The van der Waals surface area contributed by atoms with Crippen molar-refractivity contribution in [3.8, 4) is 5.75 Å². The van der Waals surface area contributed by atoms with Gasteiger partial charge in [-0.2, -0.15) is 0 Å². The lowest BCUT2D eigenvalue weighted by Gasteiger charge is -2.26. The van der Waals surface area contributed by atoms with Crippen LogP contribution in [0.2, 0.25) is 0 Å². The SMILES string of the molecule is O=C(c1cncc(OCc2ccccc2)c1)C1CC2CCC(C1)S2=O. The molecule has 0 amide bonds. The lowest BCUT2D eigenvalue weighted by Crippen LogP contribution is -2.32. The number of hydrogen-bond donors (Lipinski definition) is 0. The zero-order chi connectivity index (χ0) is 17.2. The van der Waals surface area contributed by atoms with Crippen molar-refractivity contribution in [1.29, 1.82) is 0 Å². The zero-order valence-electron chi connectivity index (χ0n) is 14.0. The number of Topliss-reactive ketones (excluding diaryl/α,β-unsaturated/α-hetero) is 1. The van der Waals surface area contributed by atoms with Crippen LogP contribution in [0.4, 0.5) is 0 Å². The number of benzene rings is 1.